The molecular formula is C16H21N3S. The molecule has 1 N–H and O–H groups in total. The van der Waals surface area contributed by atoms with E-state index in [9.17, 15) is 0 Å². The summed E-state index contributed by atoms with van der Waals surface area (Å²) < 4.78 is 0. The topological polar surface area (TPSA) is 28.2 Å². The molecule has 1 aromatic heterocycles. The van der Waals surface area contributed by atoms with E-state index in [2.05, 4.69) is 52.6 Å². The van der Waals surface area contributed by atoms with Gasteiger partial charge in [-0.25, -0.2) is 0 Å². The first kappa shape index (κ1) is 14.7. The molecule has 20 heavy (non-hydrogen) atoms. The lowest BCUT2D eigenvalue weighted by Crippen LogP contribution is -2.14. The van der Waals surface area contributed by atoms with Gasteiger partial charge in [-0.3, -0.25) is 4.98 Å². The first-order valence-corrected chi connectivity index (χ1v) is 7.86. The van der Waals surface area contributed by atoms with Crippen LogP contribution in [0.15, 0.2) is 47.6 Å². The third kappa shape index (κ3) is 3.45. The maximum Gasteiger partial charge on any atom is 0.0768 e. The van der Waals surface area contributed by atoms with Gasteiger partial charge in [0.1, 0.15) is 0 Å². The van der Waals surface area contributed by atoms with Crippen LogP contribution in [0.4, 0.5) is 11.4 Å². The molecule has 4 heteroatoms. The Morgan fingerprint density at radius 1 is 1.15 bits per heavy atom. The molecule has 3 nitrogen and oxygen atoms in total. The van der Waals surface area contributed by atoms with E-state index in [-0.39, 0.29) is 6.04 Å². The first-order chi connectivity index (χ1) is 9.61. The van der Waals surface area contributed by atoms with Crippen LogP contribution in [-0.2, 0) is 0 Å². The van der Waals surface area contributed by atoms with Gasteiger partial charge >= 0.3 is 0 Å². The zero-order valence-corrected chi connectivity index (χ0v) is 13.2. The number of nitrogens with zero attached hydrogens (tertiary/aromatic N) is 2. The standard InChI is InChI=1S/C16H21N3S/c1-12(13-5-7-14(20-4)8-6-13)18-15-11-17-10-9-16(15)19(2)3/h5-12,18H,1-4H3. The van der Waals surface area contributed by atoms with Crippen LogP contribution in [0.5, 0.6) is 0 Å². The van der Waals surface area contributed by atoms with Crippen molar-refractivity contribution in [1.82, 2.24) is 4.98 Å². The monoisotopic (exact) mass is 287 g/mol. The smallest absolute Gasteiger partial charge is 0.0768 e. The lowest BCUT2D eigenvalue weighted by Gasteiger charge is -2.21. The third-order valence-corrected chi connectivity index (χ3v) is 4.01. The molecule has 0 aliphatic heterocycles. The lowest BCUT2D eigenvalue weighted by molar-refractivity contribution is 0.879. The molecule has 2 aromatic rings. The van der Waals surface area contributed by atoms with Crippen molar-refractivity contribution in [2.75, 3.05) is 30.6 Å². The number of hydrogen-bond acceptors (Lipinski definition) is 4. The van der Waals surface area contributed by atoms with E-state index in [0.29, 0.717) is 0 Å². The zero-order valence-electron chi connectivity index (χ0n) is 12.4. The molecular weight excluding hydrogens is 266 g/mol. The van der Waals surface area contributed by atoms with E-state index in [0.717, 1.165) is 11.4 Å². The second-order valence-electron chi connectivity index (χ2n) is 4.93. The summed E-state index contributed by atoms with van der Waals surface area (Å²) in [5, 5.41) is 3.53. The number of nitrogens with one attached hydrogen (secondary N) is 1. The summed E-state index contributed by atoms with van der Waals surface area (Å²) in [6.07, 6.45) is 5.79. The lowest BCUT2D eigenvalue weighted by atomic mass is 10.1. The predicted octanol–water partition coefficient (Wildman–Crippen LogP) is 4.04. The molecule has 1 heterocycles. The first-order valence-electron chi connectivity index (χ1n) is 6.63. The molecule has 0 spiro atoms. The van der Waals surface area contributed by atoms with Gasteiger partial charge in [0.15, 0.2) is 0 Å². The van der Waals surface area contributed by atoms with Crippen LogP contribution >= 0.6 is 11.8 Å². The summed E-state index contributed by atoms with van der Waals surface area (Å²) in [5.41, 5.74) is 3.47. The summed E-state index contributed by atoms with van der Waals surface area (Å²) >= 11 is 1.76. The molecule has 0 saturated heterocycles. The van der Waals surface area contributed by atoms with Crippen molar-refractivity contribution in [3.8, 4) is 0 Å². The molecule has 0 saturated carbocycles. The quantitative estimate of drug-likeness (QED) is 0.840. The maximum absolute atomic E-state index is 4.21. The molecule has 2 rings (SSSR count). The van der Waals surface area contributed by atoms with Crippen LogP contribution in [0.1, 0.15) is 18.5 Å². The summed E-state index contributed by atoms with van der Waals surface area (Å²) in [7, 11) is 4.08. The van der Waals surface area contributed by atoms with E-state index >= 15 is 0 Å². The molecule has 1 atom stereocenters. The van der Waals surface area contributed by atoms with Gasteiger partial charge < -0.3 is 10.2 Å². The second-order valence-corrected chi connectivity index (χ2v) is 5.81. The normalized spacial score (nSPS) is 12.0. The maximum atomic E-state index is 4.21. The molecule has 0 aliphatic rings. The Bertz CT molecular complexity index is 552. The van der Waals surface area contributed by atoms with Crippen molar-refractivity contribution >= 4 is 23.1 Å². The van der Waals surface area contributed by atoms with Gasteiger partial charge in [0, 0.05) is 31.2 Å². The van der Waals surface area contributed by atoms with E-state index in [1.54, 1.807) is 11.8 Å². The number of rotatable bonds is 5. The van der Waals surface area contributed by atoms with Crippen LogP contribution in [0.25, 0.3) is 0 Å². The fraction of sp³-hybridized carbons (Fsp3) is 0.312. The van der Waals surface area contributed by atoms with Crippen LogP contribution in [0.3, 0.4) is 0 Å². The molecule has 1 aromatic carbocycles. The van der Waals surface area contributed by atoms with Crippen molar-refractivity contribution in [2.45, 2.75) is 17.9 Å². The Kier molecular flexibility index (Phi) is 4.90. The largest absolute Gasteiger partial charge is 0.376 e. The van der Waals surface area contributed by atoms with Crippen molar-refractivity contribution in [3.63, 3.8) is 0 Å². The van der Waals surface area contributed by atoms with Crippen molar-refractivity contribution < 1.29 is 0 Å². The van der Waals surface area contributed by atoms with E-state index in [1.165, 1.54) is 10.5 Å². The molecule has 1 unspecified atom stereocenters. The Labute approximate surface area is 125 Å². The van der Waals surface area contributed by atoms with Crippen LogP contribution in [0.2, 0.25) is 0 Å². The van der Waals surface area contributed by atoms with Gasteiger partial charge in [-0.2, -0.15) is 0 Å². The van der Waals surface area contributed by atoms with Gasteiger partial charge in [-0.1, -0.05) is 12.1 Å². The van der Waals surface area contributed by atoms with Crippen molar-refractivity contribution in [1.29, 1.82) is 0 Å². The number of pyridine rings is 1. The average Bonchev–Trinajstić information content (AvgIpc) is 2.47. The van der Waals surface area contributed by atoms with E-state index in [1.807, 2.05) is 32.6 Å². The minimum Gasteiger partial charge on any atom is -0.376 e. The predicted molar refractivity (Wildman–Crippen MR) is 88.8 cm³/mol. The van der Waals surface area contributed by atoms with E-state index < -0.39 is 0 Å². The molecule has 0 amide bonds. The van der Waals surface area contributed by atoms with Gasteiger partial charge in [0.05, 0.1) is 17.6 Å². The van der Waals surface area contributed by atoms with E-state index in [4.69, 9.17) is 0 Å². The minimum absolute atomic E-state index is 0.244. The highest BCUT2D eigenvalue weighted by Crippen LogP contribution is 2.27. The van der Waals surface area contributed by atoms with Gasteiger partial charge in [0.25, 0.3) is 0 Å². The Morgan fingerprint density at radius 2 is 1.85 bits per heavy atom. The van der Waals surface area contributed by atoms with Crippen LogP contribution in [-0.4, -0.2) is 25.3 Å². The van der Waals surface area contributed by atoms with Crippen LogP contribution < -0.4 is 10.2 Å². The Hall–Kier alpha value is -1.68. The fourth-order valence-corrected chi connectivity index (χ4v) is 2.51. The summed E-state index contributed by atoms with van der Waals surface area (Å²) in [5.74, 6) is 0. The van der Waals surface area contributed by atoms with Crippen LogP contribution in [0, 0.1) is 0 Å². The number of hydrogen-bond donors (Lipinski definition) is 1. The SMILES string of the molecule is CSc1ccc(C(C)Nc2cnccc2N(C)C)cc1. The molecule has 0 radical (unpaired) electrons. The molecule has 0 aliphatic carbocycles. The van der Waals surface area contributed by atoms with Gasteiger partial charge in [-0.15, -0.1) is 11.8 Å². The third-order valence-electron chi connectivity index (χ3n) is 3.27. The minimum atomic E-state index is 0.244. The fourth-order valence-electron chi connectivity index (χ4n) is 2.10. The highest BCUT2D eigenvalue weighted by Gasteiger charge is 2.09. The Balaban J connectivity index is 2.16. The zero-order chi connectivity index (χ0) is 14.5. The second kappa shape index (κ2) is 6.66. The van der Waals surface area contributed by atoms with Crippen molar-refractivity contribution in [3.05, 3.63) is 48.3 Å². The highest BCUT2D eigenvalue weighted by molar-refractivity contribution is 7.98. The number of thioether (sulfide) groups is 1. The van der Waals surface area contributed by atoms with Gasteiger partial charge in [-0.05, 0) is 36.9 Å². The summed E-state index contributed by atoms with van der Waals surface area (Å²) in [4.78, 5) is 7.59. The average molecular weight is 287 g/mol. The molecule has 106 valence electrons. The van der Waals surface area contributed by atoms with Crippen molar-refractivity contribution in [2.24, 2.45) is 0 Å². The highest BCUT2D eigenvalue weighted by atomic mass is 32.2. The summed E-state index contributed by atoms with van der Waals surface area (Å²) in [6.45, 7) is 2.17. The van der Waals surface area contributed by atoms with Gasteiger partial charge in [0.2, 0.25) is 0 Å². The molecule has 0 fully saturated rings. The number of aromatic nitrogens is 1. The number of benzene rings is 1. The summed E-state index contributed by atoms with van der Waals surface area (Å²) in [6, 6.07) is 10.9. The number of anilines is 2. The Morgan fingerprint density at radius 3 is 2.45 bits per heavy atom. The molecule has 0 bridgehead atoms.